The first kappa shape index (κ1) is 17.3. The molecular weight excluding hydrogens is 319 g/mol. The number of carbonyl (C=O) groups excluding carboxylic acids is 1. The summed E-state index contributed by atoms with van der Waals surface area (Å²) in [6, 6.07) is 8.20. The van der Waals surface area contributed by atoms with E-state index in [-0.39, 0.29) is 11.7 Å². The van der Waals surface area contributed by atoms with Crippen molar-refractivity contribution < 1.29 is 9.18 Å². The maximum absolute atomic E-state index is 12.9. The number of nitrogens with one attached hydrogen (secondary N) is 1. The van der Waals surface area contributed by atoms with E-state index in [2.05, 4.69) is 22.2 Å². The first-order valence-electron chi connectivity index (χ1n) is 8.79. The molecule has 1 aliphatic heterocycles. The summed E-state index contributed by atoms with van der Waals surface area (Å²) in [5.74, 6) is 0.110. The van der Waals surface area contributed by atoms with Crippen molar-refractivity contribution in [2.45, 2.75) is 45.2 Å². The van der Waals surface area contributed by atoms with Crippen LogP contribution in [0.1, 0.15) is 48.7 Å². The Labute approximate surface area is 147 Å². The van der Waals surface area contributed by atoms with Gasteiger partial charge in [0.25, 0.3) is 5.91 Å². The summed E-state index contributed by atoms with van der Waals surface area (Å²) in [6.07, 6.45) is 5.84. The molecule has 1 aromatic heterocycles. The van der Waals surface area contributed by atoms with Crippen LogP contribution in [0.3, 0.4) is 0 Å². The minimum absolute atomic E-state index is 0.0289. The summed E-state index contributed by atoms with van der Waals surface area (Å²) in [5, 5.41) is 3.09. The number of carbonyl (C=O) groups is 1. The molecule has 1 amide bonds. The number of halogens is 1. The molecule has 25 heavy (non-hydrogen) atoms. The standard InChI is InChI=1S/C19H23FN4O/c1-2-16-5-3-4-12-24(16)18(25)17-10-11-21-19(23-17)22-13-14-6-8-15(20)9-7-14/h6-11,16H,2-5,12-13H2,1H3,(H,21,22,23). The Balaban J connectivity index is 1.68. The average molecular weight is 342 g/mol. The number of piperidine rings is 1. The van der Waals surface area contributed by atoms with E-state index in [9.17, 15) is 9.18 Å². The number of amides is 1. The molecule has 0 saturated carbocycles. The van der Waals surface area contributed by atoms with Gasteiger partial charge in [-0.1, -0.05) is 19.1 Å². The van der Waals surface area contributed by atoms with Gasteiger partial charge in [0.2, 0.25) is 5.95 Å². The smallest absolute Gasteiger partial charge is 0.272 e. The Bertz CT molecular complexity index is 720. The Morgan fingerprint density at radius 3 is 2.84 bits per heavy atom. The van der Waals surface area contributed by atoms with Gasteiger partial charge in [0.05, 0.1) is 0 Å². The predicted molar refractivity (Wildman–Crippen MR) is 94.7 cm³/mol. The largest absolute Gasteiger partial charge is 0.350 e. The van der Waals surface area contributed by atoms with Crippen molar-refractivity contribution in [1.29, 1.82) is 0 Å². The van der Waals surface area contributed by atoms with Gasteiger partial charge in [0.15, 0.2) is 0 Å². The number of rotatable bonds is 5. The van der Waals surface area contributed by atoms with Crippen LogP contribution in [0.25, 0.3) is 0 Å². The van der Waals surface area contributed by atoms with E-state index < -0.39 is 0 Å². The second-order valence-corrected chi connectivity index (χ2v) is 6.30. The third-order valence-corrected chi connectivity index (χ3v) is 4.60. The highest BCUT2D eigenvalue weighted by Crippen LogP contribution is 2.21. The summed E-state index contributed by atoms with van der Waals surface area (Å²) >= 11 is 0. The van der Waals surface area contributed by atoms with E-state index in [0.717, 1.165) is 31.4 Å². The molecule has 1 unspecified atom stereocenters. The van der Waals surface area contributed by atoms with Crippen LogP contribution in [0.5, 0.6) is 0 Å². The molecule has 1 N–H and O–H groups in total. The molecule has 1 fully saturated rings. The van der Waals surface area contributed by atoms with Crippen LogP contribution in [0, 0.1) is 5.82 Å². The predicted octanol–water partition coefficient (Wildman–Crippen LogP) is 3.63. The Hall–Kier alpha value is -2.50. The van der Waals surface area contributed by atoms with E-state index in [1.54, 1.807) is 24.4 Å². The lowest BCUT2D eigenvalue weighted by Gasteiger charge is -2.35. The Morgan fingerprint density at radius 1 is 1.28 bits per heavy atom. The van der Waals surface area contributed by atoms with E-state index in [1.165, 1.54) is 18.6 Å². The summed E-state index contributed by atoms with van der Waals surface area (Å²) < 4.78 is 12.9. The molecule has 1 atom stereocenters. The lowest BCUT2D eigenvalue weighted by atomic mass is 9.99. The molecule has 1 aliphatic rings. The molecule has 0 aliphatic carbocycles. The van der Waals surface area contributed by atoms with Crippen LogP contribution in [-0.4, -0.2) is 33.4 Å². The molecule has 0 spiro atoms. The van der Waals surface area contributed by atoms with Gasteiger partial charge in [-0.2, -0.15) is 0 Å². The highest BCUT2D eigenvalue weighted by molar-refractivity contribution is 5.92. The molecule has 3 rings (SSSR count). The molecule has 1 aromatic carbocycles. The number of hydrogen-bond acceptors (Lipinski definition) is 4. The number of anilines is 1. The van der Waals surface area contributed by atoms with Crippen LogP contribution < -0.4 is 5.32 Å². The maximum atomic E-state index is 12.9. The molecule has 0 bridgehead atoms. The molecule has 5 nitrogen and oxygen atoms in total. The van der Waals surface area contributed by atoms with Gasteiger partial charge in [0, 0.05) is 25.3 Å². The molecule has 2 heterocycles. The highest BCUT2D eigenvalue weighted by atomic mass is 19.1. The number of likely N-dealkylation sites (tertiary alicyclic amines) is 1. The zero-order valence-electron chi connectivity index (χ0n) is 14.4. The van der Waals surface area contributed by atoms with E-state index in [4.69, 9.17) is 0 Å². The van der Waals surface area contributed by atoms with Gasteiger partial charge >= 0.3 is 0 Å². The molecule has 2 aromatic rings. The van der Waals surface area contributed by atoms with Gasteiger partial charge in [0.1, 0.15) is 11.5 Å². The second-order valence-electron chi connectivity index (χ2n) is 6.30. The van der Waals surface area contributed by atoms with Crippen molar-refractivity contribution in [3.63, 3.8) is 0 Å². The van der Waals surface area contributed by atoms with Crippen molar-refractivity contribution >= 4 is 11.9 Å². The van der Waals surface area contributed by atoms with Gasteiger partial charge < -0.3 is 10.2 Å². The zero-order chi connectivity index (χ0) is 17.6. The summed E-state index contributed by atoms with van der Waals surface area (Å²) in [4.78, 5) is 23.3. The van der Waals surface area contributed by atoms with E-state index >= 15 is 0 Å². The topological polar surface area (TPSA) is 58.1 Å². The molecule has 0 radical (unpaired) electrons. The Kier molecular flexibility index (Phi) is 5.58. The van der Waals surface area contributed by atoms with Crippen molar-refractivity contribution in [2.24, 2.45) is 0 Å². The zero-order valence-corrected chi connectivity index (χ0v) is 14.4. The maximum Gasteiger partial charge on any atom is 0.272 e. The van der Waals surface area contributed by atoms with Crippen LogP contribution in [0.2, 0.25) is 0 Å². The van der Waals surface area contributed by atoms with Crippen molar-refractivity contribution in [1.82, 2.24) is 14.9 Å². The van der Waals surface area contributed by atoms with Crippen LogP contribution in [-0.2, 0) is 6.54 Å². The van der Waals surface area contributed by atoms with E-state index in [0.29, 0.717) is 24.2 Å². The Morgan fingerprint density at radius 2 is 2.08 bits per heavy atom. The number of benzene rings is 1. The lowest BCUT2D eigenvalue weighted by molar-refractivity contribution is 0.0602. The van der Waals surface area contributed by atoms with E-state index in [1.807, 2.05) is 4.90 Å². The lowest BCUT2D eigenvalue weighted by Crippen LogP contribution is -2.43. The summed E-state index contributed by atoms with van der Waals surface area (Å²) in [6.45, 7) is 3.38. The summed E-state index contributed by atoms with van der Waals surface area (Å²) in [7, 11) is 0. The van der Waals surface area contributed by atoms with Crippen molar-refractivity contribution in [3.05, 3.63) is 53.6 Å². The first-order chi connectivity index (χ1) is 12.2. The van der Waals surface area contributed by atoms with Crippen molar-refractivity contribution in [3.8, 4) is 0 Å². The first-order valence-corrected chi connectivity index (χ1v) is 8.79. The van der Waals surface area contributed by atoms with Gasteiger partial charge in [-0.15, -0.1) is 0 Å². The normalized spacial score (nSPS) is 17.4. The van der Waals surface area contributed by atoms with Gasteiger partial charge in [-0.05, 0) is 49.4 Å². The molecular formula is C19H23FN4O. The second kappa shape index (κ2) is 8.05. The quantitative estimate of drug-likeness (QED) is 0.901. The molecule has 6 heteroatoms. The molecule has 1 saturated heterocycles. The minimum Gasteiger partial charge on any atom is -0.350 e. The van der Waals surface area contributed by atoms with Gasteiger partial charge in [-0.25, -0.2) is 14.4 Å². The number of hydrogen-bond donors (Lipinski definition) is 1. The van der Waals surface area contributed by atoms with Crippen LogP contribution >= 0.6 is 0 Å². The third-order valence-electron chi connectivity index (χ3n) is 4.60. The monoisotopic (exact) mass is 342 g/mol. The van der Waals surface area contributed by atoms with Gasteiger partial charge in [-0.3, -0.25) is 4.79 Å². The SMILES string of the molecule is CCC1CCCCN1C(=O)c1ccnc(NCc2ccc(F)cc2)n1. The number of nitrogens with zero attached hydrogens (tertiary/aromatic N) is 3. The third kappa shape index (κ3) is 4.32. The molecule has 132 valence electrons. The van der Waals surface area contributed by atoms with Crippen molar-refractivity contribution in [2.75, 3.05) is 11.9 Å². The number of aromatic nitrogens is 2. The van der Waals surface area contributed by atoms with Crippen LogP contribution in [0.4, 0.5) is 10.3 Å². The summed E-state index contributed by atoms with van der Waals surface area (Å²) in [5.41, 5.74) is 1.33. The average Bonchev–Trinajstić information content (AvgIpc) is 2.67. The fraction of sp³-hybridized carbons (Fsp3) is 0.421. The fourth-order valence-electron chi connectivity index (χ4n) is 3.19. The minimum atomic E-state index is -0.264. The fourth-order valence-corrected chi connectivity index (χ4v) is 3.19. The highest BCUT2D eigenvalue weighted by Gasteiger charge is 2.27. The van der Waals surface area contributed by atoms with Crippen LogP contribution in [0.15, 0.2) is 36.5 Å².